The summed E-state index contributed by atoms with van der Waals surface area (Å²) in [7, 11) is 0. The number of hydrogen-bond acceptors (Lipinski definition) is 3. The lowest BCUT2D eigenvalue weighted by molar-refractivity contribution is -0.0295. The van der Waals surface area contributed by atoms with E-state index in [2.05, 4.69) is 0 Å². The standard InChI is InChI=1S/C8H7BrF2O3/c9-8(10,11)7(14)4-1-2-5(12)6(13)3-4/h1-3,7,12-14H. The molecule has 1 unspecified atom stereocenters. The number of alkyl halides is 3. The molecule has 0 saturated carbocycles. The molecule has 0 aliphatic carbocycles. The van der Waals surface area contributed by atoms with Crippen LogP contribution in [0.25, 0.3) is 0 Å². The van der Waals surface area contributed by atoms with E-state index < -0.39 is 22.4 Å². The summed E-state index contributed by atoms with van der Waals surface area (Å²) in [6.45, 7) is 0. The Morgan fingerprint density at radius 3 is 2.21 bits per heavy atom. The van der Waals surface area contributed by atoms with Crippen molar-refractivity contribution in [1.82, 2.24) is 0 Å². The van der Waals surface area contributed by atoms with Crippen LogP contribution in [-0.4, -0.2) is 20.2 Å². The highest BCUT2D eigenvalue weighted by molar-refractivity contribution is 9.10. The molecule has 1 aromatic rings. The van der Waals surface area contributed by atoms with Crippen LogP contribution in [0.15, 0.2) is 18.2 Å². The molecule has 0 heterocycles. The lowest BCUT2D eigenvalue weighted by atomic mass is 10.1. The number of aliphatic hydroxyl groups excluding tert-OH is 1. The van der Waals surface area contributed by atoms with Gasteiger partial charge in [0.2, 0.25) is 0 Å². The Hall–Kier alpha value is -0.880. The number of aromatic hydroxyl groups is 2. The summed E-state index contributed by atoms with van der Waals surface area (Å²) in [6, 6.07) is 2.98. The Balaban J connectivity index is 3.03. The predicted molar refractivity (Wildman–Crippen MR) is 48.6 cm³/mol. The Bertz CT molecular complexity index is 338. The van der Waals surface area contributed by atoms with Crippen molar-refractivity contribution in [1.29, 1.82) is 0 Å². The van der Waals surface area contributed by atoms with Crippen molar-refractivity contribution in [2.75, 3.05) is 0 Å². The van der Waals surface area contributed by atoms with Gasteiger partial charge in [-0.1, -0.05) is 6.07 Å². The molecule has 1 rings (SSSR count). The Kier molecular flexibility index (Phi) is 2.96. The van der Waals surface area contributed by atoms with Gasteiger partial charge in [0.1, 0.15) is 0 Å². The molecule has 3 nitrogen and oxygen atoms in total. The van der Waals surface area contributed by atoms with Gasteiger partial charge in [0.15, 0.2) is 17.6 Å². The Morgan fingerprint density at radius 1 is 1.21 bits per heavy atom. The van der Waals surface area contributed by atoms with Crippen LogP contribution in [0.2, 0.25) is 0 Å². The van der Waals surface area contributed by atoms with Gasteiger partial charge in [-0.2, -0.15) is 8.78 Å². The lowest BCUT2D eigenvalue weighted by Gasteiger charge is -2.16. The highest BCUT2D eigenvalue weighted by Crippen LogP contribution is 2.38. The highest BCUT2D eigenvalue weighted by atomic mass is 79.9. The van der Waals surface area contributed by atoms with Gasteiger partial charge in [-0.25, -0.2) is 0 Å². The quantitative estimate of drug-likeness (QED) is 0.569. The van der Waals surface area contributed by atoms with Crippen LogP contribution >= 0.6 is 15.9 Å². The maximum Gasteiger partial charge on any atom is 0.330 e. The summed E-state index contributed by atoms with van der Waals surface area (Å²) in [6.07, 6.45) is -2.08. The van der Waals surface area contributed by atoms with Crippen molar-refractivity contribution in [3.63, 3.8) is 0 Å². The molecule has 3 N–H and O–H groups in total. The number of aliphatic hydroxyl groups is 1. The van der Waals surface area contributed by atoms with Crippen LogP contribution in [0.5, 0.6) is 11.5 Å². The van der Waals surface area contributed by atoms with E-state index in [4.69, 9.17) is 15.3 Å². The van der Waals surface area contributed by atoms with Gasteiger partial charge in [-0.3, -0.25) is 0 Å². The summed E-state index contributed by atoms with van der Waals surface area (Å²) in [4.78, 5) is -3.48. The van der Waals surface area contributed by atoms with Crippen molar-refractivity contribution >= 4 is 15.9 Å². The average molecular weight is 269 g/mol. The van der Waals surface area contributed by atoms with Gasteiger partial charge in [0.05, 0.1) is 0 Å². The van der Waals surface area contributed by atoms with E-state index in [1.165, 1.54) is 0 Å². The minimum atomic E-state index is -3.48. The number of phenols is 2. The first-order valence-corrected chi connectivity index (χ1v) is 4.38. The van der Waals surface area contributed by atoms with Gasteiger partial charge in [-0.05, 0) is 33.6 Å². The van der Waals surface area contributed by atoms with Crippen molar-refractivity contribution in [2.45, 2.75) is 10.9 Å². The van der Waals surface area contributed by atoms with Crippen molar-refractivity contribution in [3.8, 4) is 11.5 Å². The SMILES string of the molecule is Oc1ccc(C(O)C(F)(F)Br)cc1O. The Labute approximate surface area is 86.7 Å². The maximum atomic E-state index is 12.6. The molecule has 6 heteroatoms. The minimum Gasteiger partial charge on any atom is -0.504 e. The second-order valence-electron chi connectivity index (χ2n) is 2.69. The normalized spacial score (nSPS) is 14.0. The van der Waals surface area contributed by atoms with E-state index in [9.17, 15) is 8.78 Å². The first kappa shape index (κ1) is 11.2. The van der Waals surface area contributed by atoms with Crippen LogP contribution in [0, 0.1) is 0 Å². The molecule has 0 aliphatic rings. The second kappa shape index (κ2) is 3.70. The maximum absolute atomic E-state index is 12.6. The molecule has 0 fully saturated rings. The van der Waals surface area contributed by atoms with Crippen LogP contribution in [-0.2, 0) is 0 Å². The molecule has 0 spiro atoms. The molecular weight excluding hydrogens is 262 g/mol. The minimum absolute atomic E-state index is 0.192. The van der Waals surface area contributed by atoms with E-state index in [0.717, 1.165) is 18.2 Å². The van der Waals surface area contributed by atoms with Crippen molar-refractivity contribution < 1.29 is 24.1 Å². The van der Waals surface area contributed by atoms with Crippen molar-refractivity contribution in [3.05, 3.63) is 23.8 Å². The fourth-order valence-corrected chi connectivity index (χ4v) is 1.16. The molecular formula is C8H7BrF2O3. The number of halogens is 3. The third kappa shape index (κ3) is 2.33. The predicted octanol–water partition coefficient (Wildman–Crippen LogP) is 2.12. The van der Waals surface area contributed by atoms with Gasteiger partial charge in [0.25, 0.3) is 0 Å². The number of rotatable bonds is 2. The molecule has 1 atom stereocenters. The third-order valence-electron chi connectivity index (χ3n) is 1.63. The lowest BCUT2D eigenvalue weighted by Crippen LogP contribution is -2.18. The van der Waals surface area contributed by atoms with Crippen LogP contribution in [0.1, 0.15) is 11.7 Å². The zero-order valence-electron chi connectivity index (χ0n) is 6.78. The second-order valence-corrected chi connectivity index (χ2v) is 3.75. The molecule has 0 aliphatic heterocycles. The number of hydrogen-bond donors (Lipinski definition) is 3. The van der Waals surface area contributed by atoms with E-state index in [1.807, 2.05) is 15.9 Å². The van der Waals surface area contributed by atoms with Gasteiger partial charge >= 0.3 is 4.83 Å². The topological polar surface area (TPSA) is 60.7 Å². The fraction of sp³-hybridized carbons (Fsp3) is 0.250. The van der Waals surface area contributed by atoms with Gasteiger partial charge in [0, 0.05) is 0 Å². The summed E-state index contributed by atoms with van der Waals surface area (Å²) in [5.41, 5.74) is -0.192. The summed E-state index contributed by atoms with van der Waals surface area (Å²) in [5, 5.41) is 27.0. The molecule has 0 saturated heterocycles. The third-order valence-corrected chi connectivity index (χ3v) is 2.06. The largest absolute Gasteiger partial charge is 0.504 e. The van der Waals surface area contributed by atoms with Crippen LogP contribution < -0.4 is 0 Å². The summed E-state index contributed by atoms with van der Waals surface area (Å²) < 4.78 is 25.1. The highest BCUT2D eigenvalue weighted by Gasteiger charge is 2.36. The zero-order valence-corrected chi connectivity index (χ0v) is 8.37. The molecule has 0 bridgehead atoms. The summed E-state index contributed by atoms with van der Waals surface area (Å²) >= 11 is 2.00. The van der Waals surface area contributed by atoms with Crippen LogP contribution in [0.4, 0.5) is 8.78 Å². The van der Waals surface area contributed by atoms with E-state index >= 15 is 0 Å². The molecule has 0 aromatic heterocycles. The van der Waals surface area contributed by atoms with Crippen molar-refractivity contribution in [2.24, 2.45) is 0 Å². The number of benzene rings is 1. The van der Waals surface area contributed by atoms with Gasteiger partial charge in [-0.15, -0.1) is 0 Å². The van der Waals surface area contributed by atoms with E-state index in [-0.39, 0.29) is 5.56 Å². The van der Waals surface area contributed by atoms with Crippen LogP contribution in [0.3, 0.4) is 0 Å². The molecule has 14 heavy (non-hydrogen) atoms. The van der Waals surface area contributed by atoms with E-state index in [1.54, 1.807) is 0 Å². The zero-order chi connectivity index (χ0) is 10.9. The first-order chi connectivity index (χ1) is 6.32. The van der Waals surface area contributed by atoms with E-state index in [0.29, 0.717) is 0 Å². The molecule has 78 valence electrons. The molecule has 0 amide bonds. The monoisotopic (exact) mass is 268 g/mol. The van der Waals surface area contributed by atoms with Gasteiger partial charge < -0.3 is 15.3 Å². The number of phenolic OH excluding ortho intramolecular Hbond substituents is 2. The smallest absolute Gasteiger partial charge is 0.330 e. The first-order valence-electron chi connectivity index (χ1n) is 3.59. The Morgan fingerprint density at radius 2 is 1.79 bits per heavy atom. The molecule has 0 radical (unpaired) electrons. The average Bonchev–Trinajstić information content (AvgIpc) is 2.07. The summed E-state index contributed by atoms with van der Waals surface area (Å²) in [5.74, 6) is -0.989. The molecule has 1 aromatic carbocycles. The fourth-order valence-electron chi connectivity index (χ4n) is 0.900.